The fraction of sp³-hybridized carbons (Fsp3) is 0.263. The highest BCUT2D eigenvalue weighted by Crippen LogP contribution is 2.33. The van der Waals surface area contributed by atoms with E-state index in [1.54, 1.807) is 14.2 Å². The highest BCUT2D eigenvalue weighted by Gasteiger charge is 2.16. The first kappa shape index (κ1) is 16.8. The van der Waals surface area contributed by atoms with Gasteiger partial charge in [0.05, 0.1) is 20.3 Å². The average Bonchev–Trinajstić information content (AvgIpc) is 3.10. The van der Waals surface area contributed by atoms with Gasteiger partial charge >= 0.3 is 0 Å². The number of aryl methyl sites for hydroxylation is 1. The normalized spacial score (nSPS) is 11.8. The molecule has 1 aromatic heterocycles. The fourth-order valence-electron chi connectivity index (χ4n) is 2.71. The van der Waals surface area contributed by atoms with Crippen molar-refractivity contribution in [1.82, 2.24) is 10.1 Å². The zero-order valence-electron chi connectivity index (χ0n) is 14.7. The van der Waals surface area contributed by atoms with Crippen LogP contribution in [0.3, 0.4) is 0 Å². The standard InChI is InChI=1S/C19H21N3O3/c1-12-10-16(23-3)17(24-4)11-15(12)13(2)20-19-21-18(25-22-19)14-8-6-5-7-9-14/h5-11,13H,1-4H3,(H,20,22). The second-order valence-corrected chi connectivity index (χ2v) is 5.72. The lowest BCUT2D eigenvalue weighted by atomic mass is 10.0. The van der Waals surface area contributed by atoms with Crippen molar-refractivity contribution in [1.29, 1.82) is 0 Å². The lowest BCUT2D eigenvalue weighted by Crippen LogP contribution is -2.10. The largest absolute Gasteiger partial charge is 0.493 e. The van der Waals surface area contributed by atoms with E-state index in [1.165, 1.54) is 0 Å². The highest BCUT2D eigenvalue weighted by atomic mass is 16.5. The van der Waals surface area contributed by atoms with Gasteiger partial charge in [-0.3, -0.25) is 0 Å². The van der Waals surface area contributed by atoms with Crippen molar-refractivity contribution in [2.45, 2.75) is 19.9 Å². The van der Waals surface area contributed by atoms with Gasteiger partial charge in [-0.05, 0) is 54.4 Å². The number of nitrogens with zero attached hydrogens (tertiary/aromatic N) is 2. The van der Waals surface area contributed by atoms with Crippen molar-refractivity contribution in [2.24, 2.45) is 0 Å². The summed E-state index contributed by atoms with van der Waals surface area (Å²) in [5, 5.41) is 7.28. The third kappa shape index (κ3) is 3.57. The van der Waals surface area contributed by atoms with Crippen molar-refractivity contribution >= 4 is 5.95 Å². The molecule has 1 heterocycles. The summed E-state index contributed by atoms with van der Waals surface area (Å²) in [6, 6.07) is 13.6. The first-order chi connectivity index (χ1) is 12.1. The quantitative estimate of drug-likeness (QED) is 0.724. The van der Waals surface area contributed by atoms with Gasteiger partial charge in [-0.1, -0.05) is 18.2 Å². The Bertz CT molecular complexity index is 846. The minimum Gasteiger partial charge on any atom is -0.493 e. The number of benzene rings is 2. The molecule has 1 N–H and O–H groups in total. The van der Waals surface area contributed by atoms with Gasteiger partial charge in [0.15, 0.2) is 11.5 Å². The average molecular weight is 339 g/mol. The van der Waals surface area contributed by atoms with Crippen molar-refractivity contribution in [3.8, 4) is 23.0 Å². The van der Waals surface area contributed by atoms with Gasteiger partial charge in [0.25, 0.3) is 11.8 Å². The molecule has 0 radical (unpaired) electrons. The summed E-state index contributed by atoms with van der Waals surface area (Å²) in [6.07, 6.45) is 0. The Kier molecular flexibility index (Phi) is 4.88. The van der Waals surface area contributed by atoms with E-state index in [9.17, 15) is 0 Å². The maximum absolute atomic E-state index is 5.39. The van der Waals surface area contributed by atoms with E-state index in [0.29, 0.717) is 23.3 Å². The number of hydrogen-bond donors (Lipinski definition) is 1. The van der Waals surface area contributed by atoms with Crippen LogP contribution in [0, 0.1) is 6.92 Å². The summed E-state index contributed by atoms with van der Waals surface area (Å²) in [6.45, 7) is 4.06. The Morgan fingerprint density at radius 3 is 2.40 bits per heavy atom. The molecule has 0 bridgehead atoms. The molecule has 25 heavy (non-hydrogen) atoms. The van der Waals surface area contributed by atoms with E-state index in [-0.39, 0.29) is 6.04 Å². The predicted molar refractivity (Wildman–Crippen MR) is 96.1 cm³/mol. The molecule has 1 unspecified atom stereocenters. The van der Waals surface area contributed by atoms with Crippen LogP contribution in [0.2, 0.25) is 0 Å². The maximum Gasteiger partial charge on any atom is 0.264 e. The number of aromatic nitrogens is 2. The minimum atomic E-state index is -0.0268. The van der Waals surface area contributed by atoms with E-state index in [2.05, 4.69) is 15.5 Å². The van der Waals surface area contributed by atoms with E-state index in [0.717, 1.165) is 16.7 Å². The number of rotatable bonds is 6. The second-order valence-electron chi connectivity index (χ2n) is 5.72. The molecule has 0 fully saturated rings. The van der Waals surface area contributed by atoms with Crippen LogP contribution >= 0.6 is 0 Å². The number of nitrogens with one attached hydrogen (secondary N) is 1. The lowest BCUT2D eigenvalue weighted by Gasteiger charge is -2.18. The molecule has 0 saturated heterocycles. The molecule has 0 aliphatic heterocycles. The topological polar surface area (TPSA) is 69.4 Å². The maximum atomic E-state index is 5.39. The van der Waals surface area contributed by atoms with E-state index >= 15 is 0 Å². The Labute approximate surface area is 146 Å². The van der Waals surface area contributed by atoms with Gasteiger partial charge in [0.1, 0.15) is 0 Å². The number of methoxy groups -OCH3 is 2. The van der Waals surface area contributed by atoms with Crippen LogP contribution in [0.5, 0.6) is 11.5 Å². The molecule has 0 aliphatic carbocycles. The molecule has 6 heteroatoms. The van der Waals surface area contributed by atoms with Crippen LogP contribution in [0.25, 0.3) is 11.5 Å². The van der Waals surface area contributed by atoms with E-state index in [1.807, 2.05) is 56.3 Å². The molecule has 3 aromatic rings. The number of ether oxygens (including phenoxy) is 2. The van der Waals surface area contributed by atoms with Crippen LogP contribution in [-0.4, -0.2) is 24.4 Å². The zero-order chi connectivity index (χ0) is 17.8. The number of hydrogen-bond acceptors (Lipinski definition) is 6. The Balaban J connectivity index is 1.81. The molecule has 2 aromatic carbocycles. The molecule has 1 atom stereocenters. The van der Waals surface area contributed by atoms with Crippen LogP contribution in [0.15, 0.2) is 47.0 Å². The second kappa shape index (κ2) is 7.25. The molecule has 0 amide bonds. The van der Waals surface area contributed by atoms with Crippen molar-refractivity contribution in [3.05, 3.63) is 53.6 Å². The van der Waals surface area contributed by atoms with Gasteiger partial charge in [-0.25, -0.2) is 0 Å². The van der Waals surface area contributed by atoms with Gasteiger partial charge in [0.2, 0.25) is 0 Å². The van der Waals surface area contributed by atoms with Crippen LogP contribution in [0.1, 0.15) is 24.1 Å². The van der Waals surface area contributed by atoms with Crippen molar-refractivity contribution < 1.29 is 14.0 Å². The van der Waals surface area contributed by atoms with Crippen molar-refractivity contribution in [3.63, 3.8) is 0 Å². The smallest absolute Gasteiger partial charge is 0.264 e. The third-order valence-electron chi connectivity index (χ3n) is 4.03. The Hall–Kier alpha value is -3.02. The summed E-state index contributed by atoms with van der Waals surface area (Å²) in [5.41, 5.74) is 3.05. The van der Waals surface area contributed by atoms with E-state index in [4.69, 9.17) is 14.0 Å². The summed E-state index contributed by atoms with van der Waals surface area (Å²) in [4.78, 5) is 4.41. The van der Waals surface area contributed by atoms with Crippen LogP contribution in [-0.2, 0) is 0 Å². The molecule has 130 valence electrons. The highest BCUT2D eigenvalue weighted by molar-refractivity contribution is 5.54. The Morgan fingerprint density at radius 2 is 1.72 bits per heavy atom. The fourth-order valence-corrected chi connectivity index (χ4v) is 2.71. The van der Waals surface area contributed by atoms with Gasteiger partial charge < -0.3 is 19.3 Å². The molecule has 3 rings (SSSR count). The lowest BCUT2D eigenvalue weighted by molar-refractivity contribution is 0.354. The summed E-state index contributed by atoms with van der Waals surface area (Å²) < 4.78 is 16.1. The first-order valence-corrected chi connectivity index (χ1v) is 8.00. The molecular formula is C19H21N3O3. The number of anilines is 1. The molecule has 0 aliphatic rings. The van der Waals surface area contributed by atoms with Gasteiger partial charge in [0, 0.05) is 5.56 Å². The van der Waals surface area contributed by atoms with Crippen LogP contribution in [0.4, 0.5) is 5.95 Å². The monoisotopic (exact) mass is 339 g/mol. The third-order valence-corrected chi connectivity index (χ3v) is 4.03. The molecule has 0 saturated carbocycles. The summed E-state index contributed by atoms with van der Waals surface area (Å²) >= 11 is 0. The van der Waals surface area contributed by atoms with Crippen LogP contribution < -0.4 is 14.8 Å². The molecule has 6 nitrogen and oxygen atoms in total. The predicted octanol–water partition coefficient (Wildman–Crippen LogP) is 4.24. The van der Waals surface area contributed by atoms with Gasteiger partial charge in [-0.2, -0.15) is 4.98 Å². The molecule has 0 spiro atoms. The van der Waals surface area contributed by atoms with E-state index < -0.39 is 0 Å². The van der Waals surface area contributed by atoms with Crippen molar-refractivity contribution in [2.75, 3.05) is 19.5 Å². The SMILES string of the molecule is COc1cc(C)c(C(C)Nc2noc(-c3ccccc3)n2)cc1OC. The minimum absolute atomic E-state index is 0.0268. The summed E-state index contributed by atoms with van der Waals surface area (Å²) in [5.74, 6) is 2.33. The zero-order valence-corrected chi connectivity index (χ0v) is 14.7. The first-order valence-electron chi connectivity index (χ1n) is 8.00. The Morgan fingerprint density at radius 1 is 1.04 bits per heavy atom. The molecular weight excluding hydrogens is 318 g/mol. The summed E-state index contributed by atoms with van der Waals surface area (Å²) in [7, 11) is 3.25. The van der Waals surface area contributed by atoms with Gasteiger partial charge in [-0.15, -0.1) is 0 Å².